The van der Waals surface area contributed by atoms with Gasteiger partial charge in [0.2, 0.25) is 5.95 Å². The number of thiophene rings is 1. The van der Waals surface area contributed by atoms with Gasteiger partial charge >= 0.3 is 0 Å². The molecular weight excluding hydrogens is 821 g/mol. The molecule has 3 heterocycles. The zero-order chi connectivity index (χ0) is 43.5. The summed E-state index contributed by atoms with van der Waals surface area (Å²) in [5.41, 5.74) is 9.85. The van der Waals surface area contributed by atoms with Crippen molar-refractivity contribution in [3.05, 3.63) is 212 Å². The fraction of sp³-hybridized carbons (Fsp3) is 0. The second-order valence-electron chi connectivity index (χ2n) is 17.2. The first-order valence-corrected chi connectivity index (χ1v) is 23.0. The van der Waals surface area contributed by atoms with E-state index in [1.807, 2.05) is 35.6 Å². The van der Waals surface area contributed by atoms with Crippen molar-refractivity contribution < 1.29 is 0 Å². The third-order valence-electron chi connectivity index (χ3n) is 13.6. The average molecular weight is 855 g/mol. The Kier molecular flexibility index (Phi) is 7.88. The fourth-order valence-electron chi connectivity index (χ4n) is 10.5. The van der Waals surface area contributed by atoms with Crippen LogP contribution in [0.2, 0.25) is 0 Å². The molecule has 14 rings (SSSR count). The lowest BCUT2D eigenvalue weighted by Gasteiger charge is -2.14. The van der Waals surface area contributed by atoms with E-state index in [1.165, 1.54) is 69.0 Å². The van der Waals surface area contributed by atoms with Crippen molar-refractivity contribution in [3.8, 4) is 45.5 Å². The van der Waals surface area contributed by atoms with Gasteiger partial charge in [-0.05, 0) is 126 Å². The van der Waals surface area contributed by atoms with Crippen molar-refractivity contribution in [1.29, 1.82) is 5.26 Å². The van der Waals surface area contributed by atoms with Crippen LogP contribution in [0.3, 0.4) is 0 Å². The van der Waals surface area contributed by atoms with Gasteiger partial charge in [-0.25, -0.2) is 9.97 Å². The number of rotatable bonds is 4. The standard InChI is InChI=1S/C61H34N4S/c62-35-36-20-22-37(23-21-36)59-54-33-42(43-17-9-18-50-49-16-7-8-19-58(49)66-60(43)50)25-28-55(54)63-61(64-59)65-56-29-26-41(32-52(56)53-31-38-10-1-2-11-39(38)34-57(53)65)40-24-27-48-46-14-4-3-12-44(46)45-13-5-6-15-47(45)51(48)30-40/h1-34H. The summed E-state index contributed by atoms with van der Waals surface area (Å²) in [6, 6.07) is 76.3. The molecule has 0 amide bonds. The van der Waals surface area contributed by atoms with Crippen LogP contribution >= 0.6 is 11.3 Å². The van der Waals surface area contributed by atoms with Crippen LogP contribution in [0.1, 0.15) is 5.56 Å². The Morgan fingerprint density at radius 3 is 1.73 bits per heavy atom. The second-order valence-corrected chi connectivity index (χ2v) is 18.3. The van der Waals surface area contributed by atoms with Crippen molar-refractivity contribution in [1.82, 2.24) is 14.5 Å². The van der Waals surface area contributed by atoms with Gasteiger partial charge in [-0.15, -0.1) is 11.3 Å². The number of nitriles is 1. The molecule has 11 aromatic carbocycles. The molecule has 0 radical (unpaired) electrons. The minimum Gasteiger partial charge on any atom is -0.278 e. The SMILES string of the molecule is N#Cc1ccc(-c2nc(-n3c4ccc(-c5ccc6c7ccccc7c7ccccc7c6c5)cc4c4cc5ccccc5cc43)nc3ccc(-c4cccc5c4sc4ccccc45)cc23)cc1. The van der Waals surface area contributed by atoms with E-state index < -0.39 is 0 Å². The fourth-order valence-corrected chi connectivity index (χ4v) is 11.7. The van der Waals surface area contributed by atoms with Crippen molar-refractivity contribution >= 4 is 107 Å². The summed E-state index contributed by atoms with van der Waals surface area (Å²) in [5, 5.41) is 25.4. The molecule has 66 heavy (non-hydrogen) atoms. The summed E-state index contributed by atoms with van der Waals surface area (Å²) in [4.78, 5) is 10.9. The lowest BCUT2D eigenvalue weighted by Crippen LogP contribution is -2.03. The van der Waals surface area contributed by atoms with Gasteiger partial charge in [-0.1, -0.05) is 146 Å². The van der Waals surface area contributed by atoms with Crippen LogP contribution in [-0.2, 0) is 0 Å². The van der Waals surface area contributed by atoms with Crippen LogP contribution in [0.5, 0.6) is 0 Å². The second kappa shape index (κ2) is 14.2. The van der Waals surface area contributed by atoms with E-state index in [-0.39, 0.29) is 0 Å². The molecule has 0 fully saturated rings. The molecule has 0 N–H and O–H groups in total. The summed E-state index contributed by atoms with van der Waals surface area (Å²) in [6.07, 6.45) is 0. The van der Waals surface area contributed by atoms with Crippen LogP contribution in [0.4, 0.5) is 0 Å². The normalized spacial score (nSPS) is 11.9. The van der Waals surface area contributed by atoms with E-state index >= 15 is 0 Å². The van der Waals surface area contributed by atoms with Crippen molar-refractivity contribution in [3.63, 3.8) is 0 Å². The van der Waals surface area contributed by atoms with Crippen LogP contribution in [-0.4, -0.2) is 14.5 Å². The number of hydrogen-bond donors (Lipinski definition) is 0. The molecule has 3 aromatic heterocycles. The molecule has 0 aliphatic carbocycles. The highest BCUT2D eigenvalue weighted by Crippen LogP contribution is 2.43. The van der Waals surface area contributed by atoms with Gasteiger partial charge in [0.15, 0.2) is 0 Å². The zero-order valence-corrected chi connectivity index (χ0v) is 36.1. The van der Waals surface area contributed by atoms with Crippen molar-refractivity contribution in [2.45, 2.75) is 0 Å². The van der Waals surface area contributed by atoms with Crippen LogP contribution < -0.4 is 0 Å². The van der Waals surface area contributed by atoms with Gasteiger partial charge in [0.1, 0.15) is 0 Å². The summed E-state index contributed by atoms with van der Waals surface area (Å²) >= 11 is 1.83. The van der Waals surface area contributed by atoms with E-state index in [0.29, 0.717) is 11.5 Å². The van der Waals surface area contributed by atoms with Gasteiger partial charge in [0.25, 0.3) is 0 Å². The van der Waals surface area contributed by atoms with Crippen LogP contribution in [0.25, 0.3) is 135 Å². The predicted molar refractivity (Wildman–Crippen MR) is 278 cm³/mol. The number of aromatic nitrogens is 3. The molecule has 14 aromatic rings. The predicted octanol–water partition coefficient (Wildman–Crippen LogP) is 16.6. The van der Waals surface area contributed by atoms with Gasteiger partial charge in [-0.2, -0.15) is 5.26 Å². The zero-order valence-electron chi connectivity index (χ0n) is 35.3. The van der Waals surface area contributed by atoms with Crippen molar-refractivity contribution in [2.24, 2.45) is 0 Å². The van der Waals surface area contributed by atoms with Crippen LogP contribution in [0.15, 0.2) is 206 Å². The minimum atomic E-state index is 0.591. The molecule has 0 atom stereocenters. The monoisotopic (exact) mass is 854 g/mol. The largest absolute Gasteiger partial charge is 0.278 e. The van der Waals surface area contributed by atoms with E-state index in [1.54, 1.807) is 0 Å². The quantitative estimate of drug-likeness (QED) is 0.166. The van der Waals surface area contributed by atoms with Gasteiger partial charge in [0.05, 0.1) is 33.9 Å². The maximum absolute atomic E-state index is 9.76. The van der Waals surface area contributed by atoms with E-state index in [2.05, 4.69) is 193 Å². The Labute approximate surface area is 382 Å². The highest BCUT2D eigenvalue weighted by molar-refractivity contribution is 7.26. The van der Waals surface area contributed by atoms with Gasteiger partial charge in [-0.3, -0.25) is 4.57 Å². The number of fused-ring (bicyclic) bond motifs is 14. The molecule has 0 bridgehead atoms. The number of benzene rings is 11. The number of hydrogen-bond acceptors (Lipinski definition) is 4. The molecule has 0 aliphatic rings. The topological polar surface area (TPSA) is 54.5 Å². The first-order valence-electron chi connectivity index (χ1n) is 22.2. The Bertz CT molecular complexity index is 4380. The molecule has 0 saturated carbocycles. The Morgan fingerprint density at radius 1 is 0.394 bits per heavy atom. The first kappa shape index (κ1) is 36.8. The highest BCUT2D eigenvalue weighted by Gasteiger charge is 2.21. The maximum Gasteiger partial charge on any atom is 0.235 e. The lowest BCUT2D eigenvalue weighted by atomic mass is 9.92. The number of nitrogens with zero attached hydrogens (tertiary/aromatic N) is 4. The molecule has 4 nitrogen and oxygen atoms in total. The molecule has 304 valence electrons. The summed E-state index contributed by atoms with van der Waals surface area (Å²) in [7, 11) is 0. The van der Waals surface area contributed by atoms with E-state index in [4.69, 9.17) is 9.97 Å². The molecule has 0 unspecified atom stereocenters. The van der Waals surface area contributed by atoms with Gasteiger partial charge in [0, 0.05) is 41.9 Å². The van der Waals surface area contributed by atoms with E-state index in [9.17, 15) is 5.26 Å². The minimum absolute atomic E-state index is 0.591. The molecule has 5 heteroatoms. The molecule has 0 saturated heterocycles. The molecule has 0 aliphatic heterocycles. The third kappa shape index (κ3) is 5.49. The summed E-state index contributed by atoms with van der Waals surface area (Å²) in [5.74, 6) is 0.591. The smallest absolute Gasteiger partial charge is 0.235 e. The first-order chi connectivity index (χ1) is 32.6. The lowest BCUT2D eigenvalue weighted by molar-refractivity contribution is 1.01. The maximum atomic E-state index is 9.76. The Balaban J connectivity index is 1.000. The Morgan fingerprint density at radius 2 is 0.970 bits per heavy atom. The van der Waals surface area contributed by atoms with Crippen LogP contribution in [0, 0.1) is 11.3 Å². The van der Waals surface area contributed by atoms with E-state index in [0.717, 1.165) is 60.5 Å². The highest BCUT2D eigenvalue weighted by atomic mass is 32.1. The molecule has 0 spiro atoms. The van der Waals surface area contributed by atoms with Crippen molar-refractivity contribution in [2.75, 3.05) is 0 Å². The average Bonchev–Trinajstić information content (AvgIpc) is 3.92. The Hall–Kier alpha value is -8.69. The van der Waals surface area contributed by atoms with Gasteiger partial charge < -0.3 is 0 Å². The summed E-state index contributed by atoms with van der Waals surface area (Å²) < 4.78 is 4.77. The molecular formula is C61H34N4S. The summed E-state index contributed by atoms with van der Waals surface area (Å²) in [6.45, 7) is 0. The third-order valence-corrected chi connectivity index (χ3v) is 14.8.